The molecule has 0 heterocycles. The van der Waals surface area contributed by atoms with Crippen molar-refractivity contribution >= 4 is 11.6 Å². The van der Waals surface area contributed by atoms with Crippen molar-refractivity contribution in [3.8, 4) is 5.75 Å². The van der Waals surface area contributed by atoms with E-state index in [0.29, 0.717) is 13.2 Å². The van der Waals surface area contributed by atoms with E-state index in [9.17, 15) is 0 Å². The maximum atomic E-state index is 6.02. The lowest BCUT2D eigenvalue weighted by atomic mass is 10.1. The molecule has 1 atom stereocenters. The SMILES string of the molecule is CCc1cc(OC(CN)COC)ccc1Cl. The van der Waals surface area contributed by atoms with Crippen LogP contribution in [0.4, 0.5) is 0 Å². The fourth-order valence-corrected chi connectivity index (χ4v) is 1.68. The molecule has 16 heavy (non-hydrogen) atoms. The molecule has 0 aliphatic carbocycles. The number of hydrogen-bond acceptors (Lipinski definition) is 3. The average Bonchev–Trinajstić information content (AvgIpc) is 2.30. The summed E-state index contributed by atoms with van der Waals surface area (Å²) >= 11 is 6.02. The van der Waals surface area contributed by atoms with Gasteiger partial charge in [0.05, 0.1) is 6.61 Å². The van der Waals surface area contributed by atoms with Crippen LogP contribution in [-0.2, 0) is 11.2 Å². The van der Waals surface area contributed by atoms with E-state index >= 15 is 0 Å². The average molecular weight is 244 g/mol. The predicted molar refractivity (Wildman–Crippen MR) is 66.2 cm³/mol. The summed E-state index contributed by atoms with van der Waals surface area (Å²) in [6.45, 7) is 2.97. The highest BCUT2D eigenvalue weighted by molar-refractivity contribution is 6.31. The summed E-state index contributed by atoms with van der Waals surface area (Å²) in [6, 6.07) is 5.64. The van der Waals surface area contributed by atoms with Gasteiger partial charge in [0, 0.05) is 18.7 Å². The van der Waals surface area contributed by atoms with E-state index in [1.807, 2.05) is 18.2 Å². The van der Waals surface area contributed by atoms with E-state index in [1.165, 1.54) is 0 Å². The van der Waals surface area contributed by atoms with Crippen LogP contribution in [0.15, 0.2) is 18.2 Å². The molecule has 90 valence electrons. The zero-order chi connectivity index (χ0) is 12.0. The van der Waals surface area contributed by atoms with Gasteiger partial charge < -0.3 is 15.2 Å². The summed E-state index contributed by atoms with van der Waals surface area (Å²) in [4.78, 5) is 0. The Morgan fingerprint density at radius 1 is 1.44 bits per heavy atom. The van der Waals surface area contributed by atoms with Crippen LogP contribution in [0.25, 0.3) is 0 Å². The Labute approximate surface area is 101 Å². The van der Waals surface area contributed by atoms with Gasteiger partial charge in [-0.3, -0.25) is 0 Å². The molecule has 2 N–H and O–H groups in total. The van der Waals surface area contributed by atoms with Gasteiger partial charge in [0.25, 0.3) is 0 Å². The van der Waals surface area contributed by atoms with Gasteiger partial charge in [-0.05, 0) is 30.2 Å². The van der Waals surface area contributed by atoms with Gasteiger partial charge in [-0.25, -0.2) is 0 Å². The first-order valence-corrected chi connectivity index (χ1v) is 5.73. The second-order valence-corrected chi connectivity index (χ2v) is 3.94. The van der Waals surface area contributed by atoms with Gasteiger partial charge in [0.1, 0.15) is 11.9 Å². The Hall–Kier alpha value is -0.770. The topological polar surface area (TPSA) is 44.5 Å². The van der Waals surface area contributed by atoms with Crippen molar-refractivity contribution in [3.05, 3.63) is 28.8 Å². The fourth-order valence-electron chi connectivity index (χ4n) is 1.42. The third-order valence-electron chi connectivity index (χ3n) is 2.32. The molecule has 1 rings (SSSR count). The minimum Gasteiger partial charge on any atom is -0.487 e. The number of rotatable bonds is 6. The molecule has 1 unspecified atom stereocenters. The second kappa shape index (κ2) is 6.74. The van der Waals surface area contributed by atoms with Gasteiger partial charge >= 0.3 is 0 Å². The highest BCUT2D eigenvalue weighted by atomic mass is 35.5. The van der Waals surface area contributed by atoms with Crippen molar-refractivity contribution in [2.45, 2.75) is 19.4 Å². The molecule has 0 saturated heterocycles. The molecule has 0 spiro atoms. The van der Waals surface area contributed by atoms with Crippen molar-refractivity contribution in [2.24, 2.45) is 5.73 Å². The van der Waals surface area contributed by atoms with E-state index in [4.69, 9.17) is 26.8 Å². The summed E-state index contributed by atoms with van der Waals surface area (Å²) in [5.41, 5.74) is 6.65. The van der Waals surface area contributed by atoms with Crippen LogP contribution in [0.5, 0.6) is 5.75 Å². The summed E-state index contributed by atoms with van der Waals surface area (Å²) in [5, 5.41) is 0.769. The van der Waals surface area contributed by atoms with Crippen LogP contribution in [0, 0.1) is 0 Å². The lowest BCUT2D eigenvalue weighted by Crippen LogP contribution is -2.31. The van der Waals surface area contributed by atoms with E-state index in [-0.39, 0.29) is 6.10 Å². The monoisotopic (exact) mass is 243 g/mol. The summed E-state index contributed by atoms with van der Waals surface area (Å²) < 4.78 is 10.7. The quantitative estimate of drug-likeness (QED) is 0.834. The molecular weight excluding hydrogens is 226 g/mol. The van der Waals surface area contributed by atoms with E-state index in [2.05, 4.69) is 6.92 Å². The Morgan fingerprint density at radius 3 is 2.75 bits per heavy atom. The number of ether oxygens (including phenoxy) is 2. The summed E-state index contributed by atoms with van der Waals surface area (Å²) in [7, 11) is 1.63. The minimum absolute atomic E-state index is 0.115. The standard InChI is InChI=1S/C12H18ClNO2/c1-3-9-6-10(4-5-12(9)13)16-11(7-14)8-15-2/h4-6,11H,3,7-8,14H2,1-2H3. The smallest absolute Gasteiger partial charge is 0.134 e. The normalized spacial score (nSPS) is 12.5. The number of methoxy groups -OCH3 is 1. The zero-order valence-electron chi connectivity index (χ0n) is 9.70. The first kappa shape index (κ1) is 13.3. The third-order valence-corrected chi connectivity index (χ3v) is 2.69. The van der Waals surface area contributed by atoms with Crippen LogP contribution >= 0.6 is 11.6 Å². The maximum absolute atomic E-state index is 6.02. The molecule has 0 aliphatic heterocycles. The third kappa shape index (κ3) is 3.67. The highest BCUT2D eigenvalue weighted by Crippen LogP contribution is 2.23. The Balaban J connectivity index is 2.72. The largest absolute Gasteiger partial charge is 0.487 e. The first-order chi connectivity index (χ1) is 7.71. The first-order valence-electron chi connectivity index (χ1n) is 5.35. The van der Waals surface area contributed by atoms with E-state index in [1.54, 1.807) is 7.11 Å². The van der Waals surface area contributed by atoms with Gasteiger partial charge in [-0.2, -0.15) is 0 Å². The Bertz CT molecular complexity index is 331. The number of nitrogens with two attached hydrogens (primary N) is 1. The Morgan fingerprint density at radius 2 is 2.19 bits per heavy atom. The molecule has 0 saturated carbocycles. The number of hydrogen-bond donors (Lipinski definition) is 1. The van der Waals surface area contributed by atoms with Crippen molar-refractivity contribution in [3.63, 3.8) is 0 Å². The van der Waals surface area contributed by atoms with Crippen molar-refractivity contribution < 1.29 is 9.47 Å². The molecule has 0 aromatic heterocycles. The number of halogens is 1. The molecule has 0 bridgehead atoms. The van der Waals surface area contributed by atoms with Crippen molar-refractivity contribution in [2.75, 3.05) is 20.3 Å². The molecule has 4 heteroatoms. The van der Waals surface area contributed by atoms with Crippen LogP contribution in [-0.4, -0.2) is 26.4 Å². The molecule has 1 aromatic rings. The molecule has 0 aliphatic rings. The number of aryl methyl sites for hydroxylation is 1. The predicted octanol–water partition coefficient (Wildman–Crippen LogP) is 2.25. The molecule has 0 fully saturated rings. The van der Waals surface area contributed by atoms with Gasteiger partial charge in [0.15, 0.2) is 0 Å². The van der Waals surface area contributed by atoms with Crippen LogP contribution in [0.2, 0.25) is 5.02 Å². The van der Waals surface area contributed by atoms with E-state index in [0.717, 1.165) is 22.8 Å². The fraction of sp³-hybridized carbons (Fsp3) is 0.500. The molecule has 1 aromatic carbocycles. The minimum atomic E-state index is -0.115. The molecule has 3 nitrogen and oxygen atoms in total. The maximum Gasteiger partial charge on any atom is 0.134 e. The molecule has 0 amide bonds. The Kier molecular flexibility index (Phi) is 5.60. The van der Waals surface area contributed by atoms with Crippen molar-refractivity contribution in [1.29, 1.82) is 0 Å². The van der Waals surface area contributed by atoms with Crippen molar-refractivity contribution in [1.82, 2.24) is 0 Å². The van der Waals surface area contributed by atoms with Crippen LogP contribution in [0.3, 0.4) is 0 Å². The number of benzene rings is 1. The van der Waals surface area contributed by atoms with E-state index < -0.39 is 0 Å². The van der Waals surface area contributed by atoms with Gasteiger partial charge in [0.2, 0.25) is 0 Å². The lowest BCUT2D eigenvalue weighted by Gasteiger charge is -2.17. The van der Waals surface area contributed by atoms with Gasteiger partial charge in [-0.15, -0.1) is 0 Å². The summed E-state index contributed by atoms with van der Waals surface area (Å²) in [6.07, 6.45) is 0.768. The lowest BCUT2D eigenvalue weighted by molar-refractivity contribution is 0.0860. The summed E-state index contributed by atoms with van der Waals surface area (Å²) in [5.74, 6) is 0.786. The van der Waals surface area contributed by atoms with Crippen LogP contribution in [0.1, 0.15) is 12.5 Å². The second-order valence-electron chi connectivity index (χ2n) is 3.54. The molecule has 0 radical (unpaired) electrons. The zero-order valence-corrected chi connectivity index (χ0v) is 10.5. The van der Waals surface area contributed by atoms with Gasteiger partial charge in [-0.1, -0.05) is 18.5 Å². The van der Waals surface area contributed by atoms with Crippen LogP contribution < -0.4 is 10.5 Å². The highest BCUT2D eigenvalue weighted by Gasteiger charge is 2.09. The molecular formula is C12H18ClNO2.